The molecule has 2 amide bonds. The number of aliphatic carboxylic acids is 1. The summed E-state index contributed by atoms with van der Waals surface area (Å²) in [7, 11) is 0. The van der Waals surface area contributed by atoms with Crippen LogP contribution >= 0.6 is 0 Å². The fourth-order valence-corrected chi connectivity index (χ4v) is 4.32. The zero-order valence-electron chi connectivity index (χ0n) is 20.5. The second-order valence-corrected chi connectivity index (χ2v) is 10.1. The van der Waals surface area contributed by atoms with Crippen LogP contribution in [0.5, 0.6) is 0 Å². The second-order valence-electron chi connectivity index (χ2n) is 10.1. The van der Waals surface area contributed by atoms with Crippen molar-refractivity contribution in [3.63, 3.8) is 0 Å². The predicted molar refractivity (Wildman–Crippen MR) is 131 cm³/mol. The first-order valence-electron chi connectivity index (χ1n) is 11.6. The minimum absolute atomic E-state index is 0.0885. The Morgan fingerprint density at radius 3 is 2.00 bits per heavy atom. The third-order valence-corrected chi connectivity index (χ3v) is 6.01. The van der Waals surface area contributed by atoms with Crippen molar-refractivity contribution in [3.05, 3.63) is 59.7 Å². The van der Waals surface area contributed by atoms with Crippen LogP contribution < -0.4 is 5.32 Å². The van der Waals surface area contributed by atoms with Gasteiger partial charge in [0.15, 0.2) is 0 Å². The highest BCUT2D eigenvalue weighted by atomic mass is 16.6. The van der Waals surface area contributed by atoms with E-state index in [2.05, 4.69) is 17.4 Å². The molecule has 1 aliphatic carbocycles. The Kier molecular flexibility index (Phi) is 7.64. The number of carbonyl (C=O) groups is 3. The molecule has 0 heterocycles. The molecule has 0 aromatic heterocycles. The van der Waals surface area contributed by atoms with Gasteiger partial charge in [-0.2, -0.15) is 0 Å². The Balaban J connectivity index is 1.71. The van der Waals surface area contributed by atoms with Crippen molar-refractivity contribution in [1.29, 1.82) is 0 Å². The van der Waals surface area contributed by atoms with Gasteiger partial charge in [-0.1, -0.05) is 62.4 Å². The number of hydrogen-bond acceptors (Lipinski definition) is 4. The van der Waals surface area contributed by atoms with Gasteiger partial charge in [0.25, 0.3) is 0 Å². The molecular formula is C27H34N2O5. The zero-order valence-corrected chi connectivity index (χ0v) is 20.5. The summed E-state index contributed by atoms with van der Waals surface area (Å²) < 4.78 is 5.74. The fraction of sp³-hybridized carbons (Fsp3) is 0.444. The Morgan fingerprint density at radius 1 is 1.00 bits per heavy atom. The van der Waals surface area contributed by atoms with Gasteiger partial charge in [0, 0.05) is 11.5 Å². The number of rotatable bonds is 8. The molecule has 0 bridgehead atoms. The van der Waals surface area contributed by atoms with E-state index in [1.165, 1.54) is 4.90 Å². The van der Waals surface area contributed by atoms with Gasteiger partial charge < -0.3 is 15.2 Å². The van der Waals surface area contributed by atoms with E-state index in [9.17, 15) is 19.5 Å². The van der Waals surface area contributed by atoms with Gasteiger partial charge in [0.1, 0.15) is 19.2 Å². The standard InChI is InChI=1S/C27H34N2O5/c1-17(2)14-23(25(31)32)28-24(30)15-29(27(3,4)5)26(33)34-16-22-20-12-8-6-10-18(20)19-11-7-9-13-21(19)22/h6-13,17,22-23H,14-16H2,1-5H3,(H,28,30)(H,31,32)/t23-/m0/s1. The van der Waals surface area contributed by atoms with E-state index in [1.807, 2.05) is 71.0 Å². The lowest BCUT2D eigenvalue weighted by Crippen LogP contribution is -2.53. The van der Waals surface area contributed by atoms with Crippen LogP contribution in [0.25, 0.3) is 11.1 Å². The van der Waals surface area contributed by atoms with Crippen molar-refractivity contribution in [2.24, 2.45) is 5.92 Å². The molecule has 1 aliphatic rings. The number of carboxylic acids is 1. The van der Waals surface area contributed by atoms with Gasteiger partial charge in [-0.25, -0.2) is 9.59 Å². The zero-order chi connectivity index (χ0) is 25.0. The summed E-state index contributed by atoms with van der Waals surface area (Å²) in [5.41, 5.74) is 3.78. The molecule has 3 rings (SSSR count). The van der Waals surface area contributed by atoms with Gasteiger partial charge in [-0.15, -0.1) is 0 Å². The highest BCUT2D eigenvalue weighted by Crippen LogP contribution is 2.44. The summed E-state index contributed by atoms with van der Waals surface area (Å²) >= 11 is 0. The van der Waals surface area contributed by atoms with E-state index in [0.29, 0.717) is 6.42 Å². The number of carbonyl (C=O) groups excluding carboxylic acids is 2. The molecule has 2 aromatic carbocycles. The summed E-state index contributed by atoms with van der Waals surface area (Å²) in [4.78, 5) is 38.6. The van der Waals surface area contributed by atoms with Crippen molar-refractivity contribution in [1.82, 2.24) is 10.2 Å². The number of carboxylic acid groups (broad SMARTS) is 1. The first-order valence-corrected chi connectivity index (χ1v) is 11.6. The number of nitrogens with zero attached hydrogens (tertiary/aromatic N) is 1. The molecule has 0 saturated carbocycles. The summed E-state index contributed by atoms with van der Waals surface area (Å²) in [5.74, 6) is -1.61. The van der Waals surface area contributed by atoms with Gasteiger partial charge >= 0.3 is 12.1 Å². The number of benzene rings is 2. The first kappa shape index (κ1) is 25.3. The van der Waals surface area contributed by atoms with Gasteiger partial charge in [-0.05, 0) is 55.4 Å². The largest absolute Gasteiger partial charge is 0.480 e. The summed E-state index contributed by atoms with van der Waals surface area (Å²) in [6.45, 7) is 9.06. The molecule has 0 unspecified atom stereocenters. The van der Waals surface area contributed by atoms with E-state index in [0.717, 1.165) is 22.3 Å². The minimum atomic E-state index is -1.09. The van der Waals surface area contributed by atoms with E-state index >= 15 is 0 Å². The topological polar surface area (TPSA) is 95.9 Å². The smallest absolute Gasteiger partial charge is 0.410 e. The monoisotopic (exact) mass is 466 g/mol. The number of nitrogens with one attached hydrogen (secondary N) is 1. The molecule has 0 radical (unpaired) electrons. The molecule has 0 saturated heterocycles. The summed E-state index contributed by atoms with van der Waals surface area (Å²) in [6.07, 6.45) is -0.304. The molecule has 7 nitrogen and oxygen atoms in total. The maximum Gasteiger partial charge on any atom is 0.410 e. The SMILES string of the molecule is CC(C)C[C@H](NC(=O)CN(C(=O)OCC1c2ccccc2-c2ccccc21)C(C)(C)C)C(=O)O. The minimum Gasteiger partial charge on any atom is -0.480 e. The molecule has 7 heteroatoms. The normalized spacial score (nSPS) is 13.7. The molecule has 34 heavy (non-hydrogen) atoms. The van der Waals surface area contributed by atoms with E-state index < -0.39 is 29.6 Å². The van der Waals surface area contributed by atoms with Crippen LogP contribution in [0.2, 0.25) is 0 Å². The van der Waals surface area contributed by atoms with Crippen molar-refractivity contribution in [2.45, 2.75) is 58.5 Å². The Morgan fingerprint density at radius 2 is 1.53 bits per heavy atom. The molecule has 0 aliphatic heterocycles. The Bertz CT molecular complexity index is 1010. The van der Waals surface area contributed by atoms with E-state index in [-0.39, 0.29) is 25.0 Å². The van der Waals surface area contributed by atoms with Gasteiger partial charge in [0.05, 0.1) is 0 Å². The van der Waals surface area contributed by atoms with Crippen LogP contribution in [0, 0.1) is 5.92 Å². The van der Waals surface area contributed by atoms with Gasteiger partial charge in [0.2, 0.25) is 5.91 Å². The maximum atomic E-state index is 13.1. The van der Waals surface area contributed by atoms with Crippen LogP contribution in [-0.2, 0) is 14.3 Å². The highest BCUT2D eigenvalue weighted by Gasteiger charge is 2.34. The average Bonchev–Trinajstić information content (AvgIpc) is 3.08. The predicted octanol–water partition coefficient (Wildman–Crippen LogP) is 4.65. The van der Waals surface area contributed by atoms with Gasteiger partial charge in [-0.3, -0.25) is 9.69 Å². The third kappa shape index (κ3) is 5.76. The van der Waals surface area contributed by atoms with Crippen molar-refractivity contribution < 1.29 is 24.2 Å². The van der Waals surface area contributed by atoms with Crippen LogP contribution in [0.1, 0.15) is 58.1 Å². The lowest BCUT2D eigenvalue weighted by atomic mass is 9.98. The number of ether oxygens (including phenoxy) is 1. The highest BCUT2D eigenvalue weighted by molar-refractivity contribution is 5.87. The maximum absolute atomic E-state index is 13.1. The fourth-order valence-electron chi connectivity index (χ4n) is 4.32. The average molecular weight is 467 g/mol. The van der Waals surface area contributed by atoms with Crippen LogP contribution in [-0.4, -0.2) is 52.7 Å². The lowest BCUT2D eigenvalue weighted by molar-refractivity contribution is -0.142. The second kappa shape index (κ2) is 10.3. The van der Waals surface area contributed by atoms with Crippen LogP contribution in [0.4, 0.5) is 4.79 Å². The quantitative estimate of drug-likeness (QED) is 0.590. The molecular weight excluding hydrogens is 432 g/mol. The molecule has 2 N–H and O–H groups in total. The van der Waals surface area contributed by atoms with Crippen LogP contribution in [0.3, 0.4) is 0 Å². The van der Waals surface area contributed by atoms with Crippen molar-refractivity contribution in [3.8, 4) is 11.1 Å². The molecule has 182 valence electrons. The summed E-state index contributed by atoms with van der Waals surface area (Å²) in [5, 5.41) is 12.0. The Hall–Kier alpha value is -3.35. The molecule has 2 aromatic rings. The van der Waals surface area contributed by atoms with Crippen molar-refractivity contribution >= 4 is 18.0 Å². The van der Waals surface area contributed by atoms with Crippen LogP contribution in [0.15, 0.2) is 48.5 Å². The summed E-state index contributed by atoms with van der Waals surface area (Å²) in [6, 6.07) is 15.2. The van der Waals surface area contributed by atoms with E-state index in [4.69, 9.17) is 4.74 Å². The molecule has 1 atom stereocenters. The third-order valence-electron chi connectivity index (χ3n) is 6.01. The molecule has 0 fully saturated rings. The van der Waals surface area contributed by atoms with E-state index in [1.54, 1.807) is 0 Å². The first-order chi connectivity index (χ1) is 16.0. The number of amides is 2. The van der Waals surface area contributed by atoms with Crippen molar-refractivity contribution in [2.75, 3.05) is 13.2 Å². The molecule has 0 spiro atoms. The number of fused-ring (bicyclic) bond motifs is 3. The Labute approximate surface area is 201 Å². The number of hydrogen-bond donors (Lipinski definition) is 2. The lowest BCUT2D eigenvalue weighted by Gasteiger charge is -2.34.